The number of aryl methyl sites for hydroxylation is 1. The third-order valence-electron chi connectivity index (χ3n) is 3.21. The molecule has 0 atom stereocenters. The fraction of sp³-hybridized carbons (Fsp3) is 0.188. The monoisotopic (exact) mass is 270 g/mol. The second-order valence-electron chi connectivity index (χ2n) is 4.63. The lowest BCUT2D eigenvalue weighted by molar-refractivity contribution is 0.0459. The fourth-order valence-electron chi connectivity index (χ4n) is 2.17. The van der Waals surface area contributed by atoms with E-state index in [9.17, 15) is 4.79 Å². The molecule has 2 aromatic carbocycles. The normalized spacial score (nSPS) is 13.2. The number of cyclic esters (lactones) is 1. The van der Waals surface area contributed by atoms with Crippen molar-refractivity contribution in [2.75, 3.05) is 7.11 Å². The molecular weight excluding hydrogens is 256 g/mol. The summed E-state index contributed by atoms with van der Waals surface area (Å²) in [7, 11) is 1.58. The molecule has 0 aromatic heterocycles. The first kappa shape index (κ1) is 12.5. The van der Waals surface area contributed by atoms with Crippen LogP contribution in [0.1, 0.15) is 21.5 Å². The van der Waals surface area contributed by atoms with Crippen molar-refractivity contribution in [2.45, 2.75) is 13.5 Å². The van der Waals surface area contributed by atoms with E-state index in [-0.39, 0.29) is 12.6 Å². The van der Waals surface area contributed by atoms with Gasteiger partial charge in [-0.25, -0.2) is 4.79 Å². The summed E-state index contributed by atoms with van der Waals surface area (Å²) >= 11 is 0. The van der Waals surface area contributed by atoms with Gasteiger partial charge in [-0.1, -0.05) is 23.8 Å². The van der Waals surface area contributed by atoms with Gasteiger partial charge in [-0.05, 0) is 25.1 Å². The molecule has 0 aliphatic carbocycles. The predicted molar refractivity (Wildman–Crippen MR) is 73.4 cm³/mol. The zero-order chi connectivity index (χ0) is 14.1. The molecule has 1 heterocycles. The highest BCUT2D eigenvalue weighted by Crippen LogP contribution is 2.38. The van der Waals surface area contributed by atoms with Crippen molar-refractivity contribution in [2.24, 2.45) is 0 Å². The summed E-state index contributed by atoms with van der Waals surface area (Å²) in [5, 5.41) is 0. The van der Waals surface area contributed by atoms with Crippen LogP contribution in [-0.4, -0.2) is 13.1 Å². The Labute approximate surface area is 116 Å². The van der Waals surface area contributed by atoms with Gasteiger partial charge in [-0.2, -0.15) is 0 Å². The van der Waals surface area contributed by atoms with Crippen LogP contribution in [0, 0.1) is 6.92 Å². The summed E-state index contributed by atoms with van der Waals surface area (Å²) < 4.78 is 16.5. The Morgan fingerprint density at radius 1 is 1.20 bits per heavy atom. The summed E-state index contributed by atoms with van der Waals surface area (Å²) in [6.07, 6.45) is 0. The number of fused-ring (bicyclic) bond motifs is 2. The van der Waals surface area contributed by atoms with E-state index >= 15 is 0 Å². The maximum absolute atomic E-state index is 12.0. The van der Waals surface area contributed by atoms with E-state index in [2.05, 4.69) is 0 Å². The van der Waals surface area contributed by atoms with Gasteiger partial charge in [-0.15, -0.1) is 0 Å². The van der Waals surface area contributed by atoms with Crippen molar-refractivity contribution in [3.63, 3.8) is 0 Å². The fourth-order valence-corrected chi connectivity index (χ4v) is 2.17. The number of methoxy groups -OCH3 is 1. The minimum absolute atomic E-state index is 0.165. The van der Waals surface area contributed by atoms with E-state index < -0.39 is 0 Å². The summed E-state index contributed by atoms with van der Waals surface area (Å²) in [4.78, 5) is 12.0. The van der Waals surface area contributed by atoms with E-state index in [4.69, 9.17) is 14.2 Å². The smallest absolute Gasteiger partial charge is 0.342 e. The zero-order valence-electron chi connectivity index (χ0n) is 11.3. The Balaban J connectivity index is 2.15. The Morgan fingerprint density at radius 3 is 2.85 bits per heavy atom. The van der Waals surface area contributed by atoms with E-state index in [1.165, 1.54) is 0 Å². The molecule has 102 valence electrons. The first-order valence-electron chi connectivity index (χ1n) is 6.30. The molecule has 1 aliphatic heterocycles. The van der Waals surface area contributed by atoms with E-state index in [0.29, 0.717) is 22.8 Å². The quantitative estimate of drug-likeness (QED) is 0.744. The van der Waals surface area contributed by atoms with Crippen LogP contribution in [0.4, 0.5) is 0 Å². The van der Waals surface area contributed by atoms with Crippen LogP contribution in [0.3, 0.4) is 0 Å². The summed E-state index contributed by atoms with van der Waals surface area (Å²) in [6.45, 7) is 2.08. The molecule has 20 heavy (non-hydrogen) atoms. The molecule has 4 heteroatoms. The zero-order valence-corrected chi connectivity index (χ0v) is 11.3. The molecule has 0 spiro atoms. The van der Waals surface area contributed by atoms with Crippen LogP contribution in [0.25, 0.3) is 0 Å². The molecular formula is C16H14O4. The average molecular weight is 270 g/mol. The predicted octanol–water partition coefficient (Wildman–Crippen LogP) is 3.47. The summed E-state index contributed by atoms with van der Waals surface area (Å²) in [6, 6.07) is 10.9. The molecule has 0 saturated carbocycles. The summed E-state index contributed by atoms with van der Waals surface area (Å²) in [5.74, 6) is 1.31. The molecule has 4 nitrogen and oxygen atoms in total. The summed E-state index contributed by atoms with van der Waals surface area (Å²) in [5.41, 5.74) is 2.19. The van der Waals surface area contributed by atoms with Crippen LogP contribution < -0.4 is 9.47 Å². The Morgan fingerprint density at radius 2 is 2.05 bits per heavy atom. The Kier molecular flexibility index (Phi) is 3.06. The molecule has 0 N–H and O–H groups in total. The number of para-hydroxylation sites is 1. The maximum Gasteiger partial charge on any atom is 0.342 e. The highest BCUT2D eigenvalue weighted by Gasteiger charge is 2.22. The first-order valence-corrected chi connectivity index (χ1v) is 6.30. The van der Waals surface area contributed by atoms with Gasteiger partial charge in [0.15, 0.2) is 11.5 Å². The van der Waals surface area contributed by atoms with Gasteiger partial charge in [0, 0.05) is 5.56 Å². The van der Waals surface area contributed by atoms with Crippen LogP contribution in [-0.2, 0) is 11.3 Å². The topological polar surface area (TPSA) is 44.8 Å². The highest BCUT2D eigenvalue weighted by molar-refractivity contribution is 5.93. The number of benzene rings is 2. The minimum Gasteiger partial charge on any atom is -0.493 e. The average Bonchev–Trinajstić information content (AvgIpc) is 2.45. The van der Waals surface area contributed by atoms with Crippen molar-refractivity contribution in [1.82, 2.24) is 0 Å². The lowest BCUT2D eigenvalue weighted by atomic mass is 10.1. The highest BCUT2D eigenvalue weighted by atomic mass is 16.5. The maximum atomic E-state index is 12.0. The van der Waals surface area contributed by atoms with Crippen molar-refractivity contribution < 1.29 is 19.0 Å². The first-order chi connectivity index (χ1) is 9.69. The molecule has 0 amide bonds. The van der Waals surface area contributed by atoms with Gasteiger partial charge in [-0.3, -0.25) is 0 Å². The van der Waals surface area contributed by atoms with Gasteiger partial charge in [0.05, 0.1) is 7.11 Å². The lowest BCUT2D eigenvalue weighted by Crippen LogP contribution is -2.11. The van der Waals surface area contributed by atoms with Crippen LogP contribution in [0.5, 0.6) is 17.2 Å². The van der Waals surface area contributed by atoms with Gasteiger partial charge in [0.2, 0.25) is 0 Å². The number of esters is 1. The molecule has 0 saturated heterocycles. The molecule has 0 unspecified atom stereocenters. The second-order valence-corrected chi connectivity index (χ2v) is 4.63. The van der Waals surface area contributed by atoms with E-state index in [0.717, 1.165) is 11.1 Å². The van der Waals surface area contributed by atoms with Crippen LogP contribution in [0.15, 0.2) is 36.4 Å². The number of rotatable bonds is 1. The third-order valence-corrected chi connectivity index (χ3v) is 3.21. The molecule has 0 radical (unpaired) electrons. The van der Waals surface area contributed by atoms with Crippen molar-refractivity contribution in [3.8, 4) is 17.2 Å². The van der Waals surface area contributed by atoms with Crippen molar-refractivity contribution in [1.29, 1.82) is 0 Å². The minimum atomic E-state index is -0.378. The van der Waals surface area contributed by atoms with Crippen LogP contribution in [0.2, 0.25) is 0 Å². The Hall–Kier alpha value is -2.49. The molecule has 0 bridgehead atoms. The molecule has 2 aromatic rings. The molecule has 1 aliphatic rings. The Bertz CT molecular complexity index is 676. The SMILES string of the molecule is COc1cccc2c1Oc1ccc(C)cc1C(=O)OC2. The van der Waals surface area contributed by atoms with Gasteiger partial charge in [0.25, 0.3) is 0 Å². The number of ether oxygens (including phenoxy) is 3. The number of carbonyl (C=O) groups excluding carboxylic acids is 1. The van der Waals surface area contributed by atoms with Gasteiger partial charge >= 0.3 is 5.97 Å². The van der Waals surface area contributed by atoms with E-state index in [1.54, 1.807) is 19.2 Å². The van der Waals surface area contributed by atoms with Gasteiger partial charge in [0.1, 0.15) is 17.9 Å². The third kappa shape index (κ3) is 2.09. The largest absolute Gasteiger partial charge is 0.493 e. The number of carbonyl (C=O) groups is 1. The van der Waals surface area contributed by atoms with Crippen molar-refractivity contribution >= 4 is 5.97 Å². The van der Waals surface area contributed by atoms with Gasteiger partial charge < -0.3 is 14.2 Å². The standard InChI is InChI=1S/C16H14O4/c1-10-6-7-13-12(8-10)16(17)19-9-11-4-3-5-14(18-2)15(11)20-13/h3-8H,9H2,1-2H3. The van der Waals surface area contributed by atoms with E-state index in [1.807, 2.05) is 31.2 Å². The number of hydrogen-bond acceptors (Lipinski definition) is 4. The van der Waals surface area contributed by atoms with Crippen LogP contribution >= 0.6 is 0 Å². The van der Waals surface area contributed by atoms with Crippen molar-refractivity contribution in [3.05, 3.63) is 53.1 Å². The molecule has 0 fully saturated rings. The second kappa shape index (κ2) is 4.89. The molecule has 3 rings (SSSR count). The lowest BCUT2D eigenvalue weighted by Gasteiger charge is -2.19. The number of hydrogen-bond donors (Lipinski definition) is 0.